The molecule has 3 aliphatic rings. The Kier molecular flexibility index (Phi) is 43.3. The fourth-order valence-electron chi connectivity index (χ4n) is 16.0. The van der Waals surface area contributed by atoms with E-state index < -0.39 is 30.1 Å². The first-order valence-electron chi connectivity index (χ1n) is 42.8. The molecule has 686 valence electrons. The Labute approximate surface area is 758 Å². The van der Waals surface area contributed by atoms with Gasteiger partial charge >= 0.3 is 6.03 Å². The second-order valence-corrected chi connectivity index (χ2v) is 39.7. The number of benzene rings is 6. The Morgan fingerprint density at radius 1 is 0.387 bits per heavy atom. The summed E-state index contributed by atoms with van der Waals surface area (Å²) < 4.78 is 122. The van der Waals surface area contributed by atoms with Crippen LogP contribution in [0.5, 0.6) is 0 Å². The number of nitrogens with one attached hydrogen (secondary N) is 2. The number of hydrogen-bond acceptors (Lipinski definition) is 22. The molecule has 9 rings (SSSR count). The summed E-state index contributed by atoms with van der Waals surface area (Å²) in [5, 5.41) is 38.2. The first kappa shape index (κ1) is 102. The van der Waals surface area contributed by atoms with Gasteiger partial charge < -0.3 is 74.0 Å². The average molecular weight is 1880 g/mol. The van der Waals surface area contributed by atoms with Crippen LogP contribution in [0.4, 0.5) is 4.79 Å². The number of ketones is 2. The van der Waals surface area contributed by atoms with Crippen molar-refractivity contribution < 1.29 is 83.4 Å². The second kappa shape index (κ2) is 52.4. The fraction of sp³-hybridized carbons (Fsp3) is 0.562. The molecular formula is C89H124Cl5N9O18S3. The van der Waals surface area contributed by atoms with Gasteiger partial charge in [-0.3, -0.25) is 9.59 Å². The molecule has 2 amide bonds. The van der Waals surface area contributed by atoms with Crippen molar-refractivity contribution in [2.24, 2.45) is 0 Å². The second-order valence-electron chi connectivity index (χ2n) is 31.8. The molecular weight excluding hydrogens is 1760 g/mol. The molecule has 0 saturated carbocycles. The number of hydrogen-bond donors (Lipinski definition) is 5. The molecule has 124 heavy (non-hydrogen) atoms. The largest absolute Gasteiger partial charge is 0.395 e. The molecule has 3 aliphatic heterocycles. The van der Waals surface area contributed by atoms with Crippen molar-refractivity contribution in [2.75, 3.05) is 212 Å². The average Bonchev–Trinajstić information content (AvgIpc) is 0.776. The molecule has 0 radical (unpaired) electrons. The van der Waals surface area contributed by atoms with Gasteiger partial charge in [0.1, 0.15) is 11.6 Å². The van der Waals surface area contributed by atoms with E-state index in [1.54, 1.807) is 66.7 Å². The van der Waals surface area contributed by atoms with Gasteiger partial charge in [0.15, 0.2) is 0 Å². The Balaban J connectivity index is 0.649. The number of fused-ring (bicyclic) bond motifs is 3. The monoisotopic (exact) mass is 1880 g/mol. The van der Waals surface area contributed by atoms with Crippen molar-refractivity contribution >= 4 is 106 Å². The molecule has 0 spiro atoms. The number of carbonyl (C=O) groups is 3. The lowest BCUT2D eigenvalue weighted by atomic mass is 9.84. The molecule has 0 saturated heterocycles. The van der Waals surface area contributed by atoms with Gasteiger partial charge in [0, 0.05) is 173 Å². The molecule has 0 bridgehead atoms. The number of sulfonamides is 3. The Morgan fingerprint density at radius 3 is 1.10 bits per heavy atom. The zero-order valence-electron chi connectivity index (χ0n) is 71.7. The van der Waals surface area contributed by atoms with Gasteiger partial charge in [-0.25, -0.2) is 30.0 Å². The number of aliphatic hydroxyl groups excluding tert-OH is 3. The molecule has 6 aromatic rings. The third kappa shape index (κ3) is 31.4. The molecule has 3 atom stereocenters. The van der Waals surface area contributed by atoms with Gasteiger partial charge in [0.05, 0.1) is 101 Å². The predicted octanol–water partition coefficient (Wildman–Crippen LogP) is 11.5. The van der Waals surface area contributed by atoms with E-state index in [4.69, 9.17) is 86.4 Å². The molecule has 0 unspecified atom stereocenters. The lowest BCUT2D eigenvalue weighted by Gasteiger charge is -2.34. The Hall–Kier alpha value is -5.41. The third-order valence-electron chi connectivity index (χ3n) is 22.3. The number of unbranched alkanes of at least 4 members (excludes halogenated alkanes) is 2. The summed E-state index contributed by atoms with van der Waals surface area (Å²) in [6, 6.07) is 31.6. The van der Waals surface area contributed by atoms with Crippen LogP contribution in [0.1, 0.15) is 144 Å². The van der Waals surface area contributed by atoms with E-state index in [0.717, 1.165) is 68.5 Å². The van der Waals surface area contributed by atoms with Crippen LogP contribution in [0.2, 0.25) is 25.1 Å². The van der Waals surface area contributed by atoms with Gasteiger partial charge in [-0.05, 0) is 215 Å². The van der Waals surface area contributed by atoms with Crippen molar-refractivity contribution in [1.29, 1.82) is 0 Å². The van der Waals surface area contributed by atoms with Crippen LogP contribution < -0.4 is 10.6 Å². The number of likely N-dealkylation sites (N-methyl/N-ethyl adjacent to an activating group) is 3. The molecule has 0 fully saturated rings. The van der Waals surface area contributed by atoms with Crippen molar-refractivity contribution in [3.8, 4) is 0 Å². The van der Waals surface area contributed by atoms with Crippen LogP contribution in [0.3, 0.4) is 0 Å². The maximum atomic E-state index is 14.0. The SMILES string of the molecule is Cc1cc(Cl)c2c(c1)[C@H](c1cccc(S(=O)(=O)N(CCO)CCOCCOCCCC(=O)CCCCN(CCCCC(=O)CCCOCCOCCN(CCO)S(=O)(=O)c3cccc([C@@H]4CN(C)Cc5c(Cl)cc(Cl)cc54)c3)CCCNC(=O)NCCOCCOCCN(CCO)S(=O)(=O)c3cccc([C@@H]4CN(C)Cc5c(Cl)cc(Cl)cc54)c3)c1)CN(C)C2. The number of carbonyl (C=O) groups excluding carboxylic acids is 3. The molecule has 3 heterocycles. The molecule has 0 aromatic heterocycles. The molecule has 35 heteroatoms. The zero-order chi connectivity index (χ0) is 89.2. The number of rotatable bonds is 58. The number of aryl methyl sites for hydroxylation is 1. The summed E-state index contributed by atoms with van der Waals surface area (Å²) in [6.07, 6.45) is 6.11. The van der Waals surface area contributed by atoms with Crippen molar-refractivity contribution in [3.63, 3.8) is 0 Å². The van der Waals surface area contributed by atoms with E-state index in [0.29, 0.717) is 162 Å². The third-order valence-corrected chi connectivity index (χ3v) is 29.4. The first-order valence-corrected chi connectivity index (χ1v) is 49.0. The quantitative estimate of drug-likeness (QED) is 0.0222. The van der Waals surface area contributed by atoms with Crippen molar-refractivity contribution in [1.82, 2.24) is 43.1 Å². The van der Waals surface area contributed by atoms with E-state index in [1.165, 1.54) is 12.9 Å². The van der Waals surface area contributed by atoms with E-state index >= 15 is 0 Å². The van der Waals surface area contributed by atoms with Crippen LogP contribution in [0.15, 0.2) is 124 Å². The van der Waals surface area contributed by atoms with E-state index in [-0.39, 0.29) is 182 Å². The zero-order valence-corrected chi connectivity index (χ0v) is 78.0. The molecule has 27 nitrogen and oxygen atoms in total. The minimum absolute atomic E-state index is 0.00475. The van der Waals surface area contributed by atoms with Gasteiger partial charge in [-0.15, -0.1) is 0 Å². The first-order chi connectivity index (χ1) is 59.6. The number of nitrogens with zero attached hydrogens (tertiary/aromatic N) is 7. The lowest BCUT2D eigenvalue weighted by molar-refractivity contribution is -0.120. The summed E-state index contributed by atoms with van der Waals surface area (Å²) in [5.74, 6) is -0.170. The van der Waals surface area contributed by atoms with Crippen LogP contribution in [-0.2, 0) is 87.7 Å². The van der Waals surface area contributed by atoms with Crippen molar-refractivity contribution in [3.05, 3.63) is 190 Å². The van der Waals surface area contributed by atoms with E-state index in [1.807, 2.05) is 64.5 Å². The topological polar surface area (TPSA) is 316 Å². The summed E-state index contributed by atoms with van der Waals surface area (Å²) in [4.78, 5) is 48.0. The molecule has 6 aromatic carbocycles. The number of aliphatic hydroxyl groups is 3. The Bertz CT molecular complexity index is 4300. The minimum atomic E-state index is -4.03. The van der Waals surface area contributed by atoms with Crippen LogP contribution in [-0.4, -0.2) is 303 Å². The fourth-order valence-corrected chi connectivity index (χ4v) is 21.9. The van der Waals surface area contributed by atoms with E-state index in [9.17, 15) is 55.0 Å². The maximum absolute atomic E-state index is 14.0. The minimum Gasteiger partial charge on any atom is -0.395 e. The normalized spacial score (nSPS) is 16.0. The van der Waals surface area contributed by atoms with Crippen LogP contribution >= 0.6 is 58.0 Å². The maximum Gasteiger partial charge on any atom is 0.314 e. The summed E-state index contributed by atoms with van der Waals surface area (Å²) in [7, 11) is -6.05. The van der Waals surface area contributed by atoms with Crippen LogP contribution in [0.25, 0.3) is 0 Å². The van der Waals surface area contributed by atoms with E-state index in [2.05, 4.69) is 36.3 Å². The smallest absolute Gasteiger partial charge is 0.314 e. The summed E-state index contributed by atoms with van der Waals surface area (Å²) >= 11 is 32.8. The highest BCUT2D eigenvalue weighted by molar-refractivity contribution is 7.89. The number of halogens is 5. The molecule has 0 aliphatic carbocycles. The van der Waals surface area contributed by atoms with Crippen LogP contribution in [0, 0.1) is 6.92 Å². The summed E-state index contributed by atoms with van der Waals surface area (Å²) in [5.41, 5.74) is 9.43. The predicted molar refractivity (Wildman–Crippen MR) is 484 cm³/mol. The molecule has 5 N–H and O–H groups in total. The number of urea groups is 1. The summed E-state index contributed by atoms with van der Waals surface area (Å²) in [6.45, 7) is 9.59. The number of ether oxygens (including phenoxy) is 6. The van der Waals surface area contributed by atoms with Crippen molar-refractivity contribution in [2.45, 2.75) is 130 Å². The lowest BCUT2D eigenvalue weighted by Crippen LogP contribution is -2.39. The number of Topliss-reactive ketones (excluding diaryl/α,β-unsaturated/α-hetero) is 2. The van der Waals surface area contributed by atoms with Gasteiger partial charge in [-0.1, -0.05) is 100 Å². The Morgan fingerprint density at radius 2 is 0.718 bits per heavy atom. The van der Waals surface area contributed by atoms with Gasteiger partial charge in [0.2, 0.25) is 30.1 Å². The highest BCUT2D eigenvalue weighted by atomic mass is 35.5. The standard InChI is InChI=1S/C89H124Cl5N9O18S3/c1-66-51-77-80(60-97(2)63-83(77)86(92)52-66)67-15-9-22-74(53-67)122(110,111)101(30-36-104)33-42-119-48-45-116-39-12-20-72(107)18-5-7-27-100(28-8-6-19-73(108)21-13-40-117-46-49-120-43-34-102(31-37-105)123(112,113)75-23-10-16-68(54-75)81-61-98(3)64-84-78(81)56-70(90)58-87(84)93)29-14-25-95-89(109)96-26-41-118-47-50-121-44-35-103(32-38-106)124(114,115)76-24-11-17-69(55-76)82-62-99(4)65-85-79(82)57-71(91)59-88(85)94/h9-11,15-17,22-24,51-59,80-82,104-106H,5-8,12-14,18-21,25-50,60-65H2,1-4H3,(H2,95,96,109)/t80-,81-,82-/m0/s1. The highest BCUT2D eigenvalue weighted by Crippen LogP contribution is 2.43. The van der Waals surface area contributed by atoms with Gasteiger partial charge in [0.25, 0.3) is 0 Å². The van der Waals surface area contributed by atoms with Gasteiger partial charge in [-0.2, -0.15) is 12.9 Å². The highest BCUT2D eigenvalue weighted by Gasteiger charge is 2.35. The number of amides is 2.